The highest BCUT2D eigenvalue weighted by Crippen LogP contribution is 2.29. The molecule has 4 nitrogen and oxygen atoms in total. The van der Waals surface area contributed by atoms with E-state index in [1.165, 1.54) is 0 Å². The fraction of sp³-hybridized carbons (Fsp3) is 0.500. The molecule has 0 heterocycles. The SMILES string of the molecule is COCOc1cccc(O)c1C[C@@H](C)CO. The number of phenols is 1. The molecule has 2 N–H and O–H groups in total. The Kier molecular flexibility index (Phi) is 5.08. The van der Waals surface area contributed by atoms with Gasteiger partial charge in [0.1, 0.15) is 11.5 Å². The number of methoxy groups -OCH3 is 1. The van der Waals surface area contributed by atoms with Crippen LogP contribution in [0.4, 0.5) is 0 Å². The van der Waals surface area contributed by atoms with Crippen LogP contribution < -0.4 is 4.74 Å². The Bertz CT molecular complexity index is 325. The molecule has 16 heavy (non-hydrogen) atoms. The molecule has 90 valence electrons. The molecule has 0 radical (unpaired) electrons. The summed E-state index contributed by atoms with van der Waals surface area (Å²) >= 11 is 0. The number of phenolic OH excluding ortho intramolecular Hbond substituents is 1. The van der Waals surface area contributed by atoms with Crippen LogP contribution in [0.3, 0.4) is 0 Å². The second-order valence-corrected chi connectivity index (χ2v) is 3.80. The van der Waals surface area contributed by atoms with Gasteiger partial charge in [0.2, 0.25) is 0 Å². The molecule has 0 saturated heterocycles. The molecular formula is C12H18O4. The van der Waals surface area contributed by atoms with E-state index < -0.39 is 0 Å². The quantitative estimate of drug-likeness (QED) is 0.722. The first-order valence-electron chi connectivity index (χ1n) is 5.22. The van der Waals surface area contributed by atoms with Crippen LogP contribution in [0.1, 0.15) is 12.5 Å². The fourth-order valence-corrected chi connectivity index (χ4v) is 1.43. The highest BCUT2D eigenvalue weighted by atomic mass is 16.7. The van der Waals surface area contributed by atoms with E-state index in [2.05, 4.69) is 0 Å². The van der Waals surface area contributed by atoms with Gasteiger partial charge in [0.05, 0.1) is 0 Å². The van der Waals surface area contributed by atoms with Crippen molar-refractivity contribution in [3.05, 3.63) is 23.8 Å². The summed E-state index contributed by atoms with van der Waals surface area (Å²) in [7, 11) is 1.54. The van der Waals surface area contributed by atoms with Gasteiger partial charge < -0.3 is 19.7 Å². The lowest BCUT2D eigenvalue weighted by molar-refractivity contribution is 0.0500. The van der Waals surface area contributed by atoms with Crippen LogP contribution in [0.2, 0.25) is 0 Å². The van der Waals surface area contributed by atoms with E-state index >= 15 is 0 Å². The van der Waals surface area contributed by atoms with Crippen molar-refractivity contribution in [1.29, 1.82) is 0 Å². The van der Waals surface area contributed by atoms with E-state index in [0.29, 0.717) is 17.7 Å². The van der Waals surface area contributed by atoms with Crippen LogP contribution in [0.5, 0.6) is 11.5 Å². The number of aliphatic hydroxyl groups is 1. The Morgan fingerprint density at radius 2 is 2.12 bits per heavy atom. The monoisotopic (exact) mass is 226 g/mol. The Balaban J connectivity index is 2.85. The van der Waals surface area contributed by atoms with Crippen molar-refractivity contribution in [1.82, 2.24) is 0 Å². The maximum Gasteiger partial charge on any atom is 0.188 e. The van der Waals surface area contributed by atoms with Crippen molar-refractivity contribution >= 4 is 0 Å². The third-order valence-corrected chi connectivity index (χ3v) is 2.30. The van der Waals surface area contributed by atoms with Gasteiger partial charge in [-0.25, -0.2) is 0 Å². The number of ether oxygens (including phenoxy) is 2. The first kappa shape index (κ1) is 12.8. The van der Waals surface area contributed by atoms with Crippen molar-refractivity contribution < 1.29 is 19.7 Å². The number of aromatic hydroxyl groups is 1. The molecule has 4 heteroatoms. The second kappa shape index (κ2) is 6.35. The van der Waals surface area contributed by atoms with E-state index in [4.69, 9.17) is 14.6 Å². The fourth-order valence-electron chi connectivity index (χ4n) is 1.43. The molecule has 0 aliphatic heterocycles. The van der Waals surface area contributed by atoms with Gasteiger partial charge in [-0.15, -0.1) is 0 Å². The molecule has 0 aromatic heterocycles. The summed E-state index contributed by atoms with van der Waals surface area (Å²) < 4.78 is 10.2. The van der Waals surface area contributed by atoms with Crippen molar-refractivity contribution in [3.63, 3.8) is 0 Å². The van der Waals surface area contributed by atoms with Crippen molar-refractivity contribution in [2.45, 2.75) is 13.3 Å². The minimum Gasteiger partial charge on any atom is -0.508 e. The number of hydrogen-bond acceptors (Lipinski definition) is 4. The summed E-state index contributed by atoms with van der Waals surface area (Å²) in [6.45, 7) is 2.13. The highest BCUT2D eigenvalue weighted by Gasteiger charge is 2.12. The predicted molar refractivity (Wildman–Crippen MR) is 60.6 cm³/mol. The molecule has 0 fully saturated rings. The number of hydrogen-bond donors (Lipinski definition) is 2. The molecule has 0 saturated carbocycles. The van der Waals surface area contributed by atoms with E-state index in [0.717, 1.165) is 0 Å². The standard InChI is InChI=1S/C12H18O4/c1-9(7-13)6-10-11(14)4-3-5-12(10)16-8-15-2/h3-5,9,13-14H,6-8H2,1-2H3/t9-/m1/s1. The number of benzene rings is 1. The van der Waals surface area contributed by atoms with E-state index in [-0.39, 0.29) is 25.1 Å². The topological polar surface area (TPSA) is 58.9 Å². The van der Waals surface area contributed by atoms with Gasteiger partial charge in [0.15, 0.2) is 6.79 Å². The Labute approximate surface area is 95.4 Å². The lowest BCUT2D eigenvalue weighted by Crippen LogP contribution is -2.08. The summed E-state index contributed by atoms with van der Waals surface area (Å²) in [5, 5.41) is 18.7. The third-order valence-electron chi connectivity index (χ3n) is 2.30. The van der Waals surface area contributed by atoms with Crippen LogP contribution >= 0.6 is 0 Å². The molecule has 1 atom stereocenters. The lowest BCUT2D eigenvalue weighted by Gasteiger charge is -2.14. The predicted octanol–water partition coefficient (Wildman–Crippen LogP) is 1.55. The molecule has 1 rings (SSSR count). The molecular weight excluding hydrogens is 208 g/mol. The van der Waals surface area contributed by atoms with E-state index in [9.17, 15) is 5.11 Å². The van der Waals surface area contributed by atoms with Crippen molar-refractivity contribution in [2.75, 3.05) is 20.5 Å². The smallest absolute Gasteiger partial charge is 0.188 e. The van der Waals surface area contributed by atoms with Gasteiger partial charge in [-0.2, -0.15) is 0 Å². The summed E-state index contributed by atoms with van der Waals surface area (Å²) in [5.74, 6) is 0.870. The molecule has 0 amide bonds. The molecule has 0 aliphatic rings. The van der Waals surface area contributed by atoms with Crippen LogP contribution in [-0.4, -0.2) is 30.7 Å². The van der Waals surface area contributed by atoms with Gasteiger partial charge in [-0.05, 0) is 24.5 Å². The second-order valence-electron chi connectivity index (χ2n) is 3.80. The summed E-state index contributed by atoms with van der Waals surface area (Å²) in [6.07, 6.45) is 0.572. The van der Waals surface area contributed by atoms with Crippen molar-refractivity contribution in [3.8, 4) is 11.5 Å². The average molecular weight is 226 g/mol. The lowest BCUT2D eigenvalue weighted by atomic mass is 10.0. The zero-order valence-corrected chi connectivity index (χ0v) is 9.64. The largest absolute Gasteiger partial charge is 0.508 e. The zero-order chi connectivity index (χ0) is 12.0. The molecule has 0 unspecified atom stereocenters. The van der Waals surface area contributed by atoms with Gasteiger partial charge >= 0.3 is 0 Å². The van der Waals surface area contributed by atoms with Gasteiger partial charge in [0.25, 0.3) is 0 Å². The maximum atomic E-state index is 9.73. The van der Waals surface area contributed by atoms with Crippen LogP contribution in [0.15, 0.2) is 18.2 Å². The summed E-state index contributed by atoms with van der Waals surface area (Å²) in [6, 6.07) is 5.10. The summed E-state index contributed by atoms with van der Waals surface area (Å²) in [5.41, 5.74) is 0.709. The Hall–Kier alpha value is -1.26. The first-order valence-corrected chi connectivity index (χ1v) is 5.22. The van der Waals surface area contributed by atoms with E-state index in [1.807, 2.05) is 6.92 Å². The van der Waals surface area contributed by atoms with Gasteiger partial charge in [-0.3, -0.25) is 0 Å². The van der Waals surface area contributed by atoms with Crippen LogP contribution in [0, 0.1) is 5.92 Å². The maximum absolute atomic E-state index is 9.73. The molecule has 0 spiro atoms. The molecule has 0 bridgehead atoms. The molecule has 0 aliphatic carbocycles. The Morgan fingerprint density at radius 1 is 1.38 bits per heavy atom. The normalized spacial score (nSPS) is 12.4. The molecule has 1 aromatic carbocycles. The van der Waals surface area contributed by atoms with Gasteiger partial charge in [0, 0.05) is 19.3 Å². The van der Waals surface area contributed by atoms with Crippen LogP contribution in [0.25, 0.3) is 0 Å². The highest BCUT2D eigenvalue weighted by molar-refractivity contribution is 5.44. The van der Waals surface area contributed by atoms with Crippen molar-refractivity contribution in [2.24, 2.45) is 5.92 Å². The first-order chi connectivity index (χ1) is 7.69. The number of rotatable bonds is 6. The zero-order valence-electron chi connectivity index (χ0n) is 9.64. The minimum absolute atomic E-state index is 0.0814. The van der Waals surface area contributed by atoms with Crippen LogP contribution in [-0.2, 0) is 11.2 Å². The third kappa shape index (κ3) is 3.40. The van der Waals surface area contributed by atoms with E-state index in [1.54, 1.807) is 25.3 Å². The summed E-state index contributed by atoms with van der Waals surface area (Å²) in [4.78, 5) is 0. The van der Waals surface area contributed by atoms with Gasteiger partial charge in [-0.1, -0.05) is 13.0 Å². The molecule has 1 aromatic rings. The Morgan fingerprint density at radius 3 is 2.75 bits per heavy atom. The minimum atomic E-state index is 0.0814. The average Bonchev–Trinajstić information content (AvgIpc) is 2.29. The number of aliphatic hydroxyl groups excluding tert-OH is 1.